The maximum absolute atomic E-state index is 6.11. The Hall–Kier alpha value is -0.590. The Morgan fingerprint density at radius 2 is 2.32 bits per heavy atom. The van der Waals surface area contributed by atoms with E-state index in [0.717, 1.165) is 25.1 Å². The molecule has 2 fully saturated rings. The van der Waals surface area contributed by atoms with E-state index in [4.69, 9.17) is 10.5 Å². The molecule has 0 aliphatic carbocycles. The molecule has 1 spiro atoms. The van der Waals surface area contributed by atoms with Gasteiger partial charge in [0.05, 0.1) is 23.5 Å². The SMILES string of the molecule is CC(N)c1cn(C2CCOC3(CCSCC3)C2)nn1. The molecule has 6 heteroatoms. The first-order valence-corrected chi connectivity index (χ1v) is 8.23. The molecule has 2 saturated heterocycles. The standard InChI is InChI=1S/C13H22N4OS/c1-10(14)12-9-17(16-15-12)11-2-5-18-13(8-11)3-6-19-7-4-13/h9-11H,2-8,14H2,1H3. The van der Waals surface area contributed by atoms with Crippen LogP contribution in [0.4, 0.5) is 0 Å². The van der Waals surface area contributed by atoms with E-state index in [1.165, 1.54) is 24.3 Å². The zero-order chi connectivity index (χ0) is 13.3. The molecule has 2 aliphatic heterocycles. The van der Waals surface area contributed by atoms with Crippen LogP contribution in [-0.2, 0) is 4.74 Å². The topological polar surface area (TPSA) is 66.0 Å². The third-order valence-electron chi connectivity index (χ3n) is 4.24. The van der Waals surface area contributed by atoms with E-state index in [9.17, 15) is 0 Å². The summed E-state index contributed by atoms with van der Waals surface area (Å²) in [6.45, 7) is 2.78. The van der Waals surface area contributed by atoms with Crippen LogP contribution in [0, 0.1) is 0 Å². The zero-order valence-corrected chi connectivity index (χ0v) is 12.2. The third kappa shape index (κ3) is 2.80. The zero-order valence-electron chi connectivity index (χ0n) is 11.4. The maximum Gasteiger partial charge on any atom is 0.0991 e. The summed E-state index contributed by atoms with van der Waals surface area (Å²) in [7, 11) is 0. The Morgan fingerprint density at radius 3 is 3.00 bits per heavy atom. The van der Waals surface area contributed by atoms with Crippen molar-refractivity contribution in [2.24, 2.45) is 5.73 Å². The van der Waals surface area contributed by atoms with Gasteiger partial charge in [-0.3, -0.25) is 0 Å². The van der Waals surface area contributed by atoms with Crippen LogP contribution in [-0.4, -0.2) is 38.7 Å². The van der Waals surface area contributed by atoms with Crippen molar-refractivity contribution in [1.82, 2.24) is 15.0 Å². The fraction of sp³-hybridized carbons (Fsp3) is 0.846. The van der Waals surface area contributed by atoms with Crippen molar-refractivity contribution in [3.63, 3.8) is 0 Å². The minimum absolute atomic E-state index is 0.0476. The van der Waals surface area contributed by atoms with Gasteiger partial charge in [-0.15, -0.1) is 5.10 Å². The Balaban J connectivity index is 1.73. The summed E-state index contributed by atoms with van der Waals surface area (Å²) in [5.74, 6) is 2.43. The summed E-state index contributed by atoms with van der Waals surface area (Å²) in [5.41, 5.74) is 6.82. The lowest BCUT2D eigenvalue weighted by atomic mass is 9.85. The quantitative estimate of drug-likeness (QED) is 0.897. The van der Waals surface area contributed by atoms with Crippen molar-refractivity contribution in [3.05, 3.63) is 11.9 Å². The predicted octanol–water partition coefficient (Wildman–Crippen LogP) is 1.92. The van der Waals surface area contributed by atoms with Crippen LogP contribution >= 0.6 is 11.8 Å². The van der Waals surface area contributed by atoms with Crippen LogP contribution in [0.15, 0.2) is 6.20 Å². The summed E-state index contributed by atoms with van der Waals surface area (Å²) < 4.78 is 8.12. The monoisotopic (exact) mass is 282 g/mol. The molecule has 2 N–H and O–H groups in total. The molecule has 2 atom stereocenters. The van der Waals surface area contributed by atoms with Crippen LogP contribution in [0.1, 0.15) is 50.4 Å². The van der Waals surface area contributed by atoms with Gasteiger partial charge in [0.15, 0.2) is 0 Å². The third-order valence-corrected chi connectivity index (χ3v) is 5.23. The number of thioether (sulfide) groups is 1. The van der Waals surface area contributed by atoms with Gasteiger partial charge in [-0.05, 0) is 44.1 Å². The molecular formula is C13H22N4OS. The van der Waals surface area contributed by atoms with E-state index >= 15 is 0 Å². The first-order chi connectivity index (χ1) is 9.19. The summed E-state index contributed by atoms with van der Waals surface area (Å²) in [5, 5.41) is 8.43. The van der Waals surface area contributed by atoms with Crippen LogP contribution in [0.3, 0.4) is 0 Å². The first-order valence-electron chi connectivity index (χ1n) is 7.08. The van der Waals surface area contributed by atoms with Crippen molar-refractivity contribution in [3.8, 4) is 0 Å². The number of hydrogen-bond acceptors (Lipinski definition) is 5. The number of rotatable bonds is 2. The van der Waals surface area contributed by atoms with E-state index in [-0.39, 0.29) is 11.6 Å². The Kier molecular flexibility index (Phi) is 3.82. The first kappa shape index (κ1) is 13.4. The van der Waals surface area contributed by atoms with Crippen LogP contribution < -0.4 is 5.73 Å². The second-order valence-electron chi connectivity index (χ2n) is 5.70. The fourth-order valence-corrected chi connectivity index (χ4v) is 4.23. The van der Waals surface area contributed by atoms with Crippen molar-refractivity contribution in [2.45, 2.75) is 50.3 Å². The van der Waals surface area contributed by atoms with E-state index in [2.05, 4.69) is 10.3 Å². The summed E-state index contributed by atoms with van der Waals surface area (Å²) in [4.78, 5) is 0. The number of aromatic nitrogens is 3. The average molecular weight is 282 g/mol. The predicted molar refractivity (Wildman–Crippen MR) is 76.1 cm³/mol. The number of ether oxygens (including phenoxy) is 1. The lowest BCUT2D eigenvalue weighted by molar-refractivity contribution is -0.100. The molecule has 0 radical (unpaired) electrons. The normalized spacial score (nSPS) is 28.4. The molecule has 0 amide bonds. The van der Waals surface area contributed by atoms with Gasteiger partial charge in [-0.2, -0.15) is 11.8 Å². The number of hydrogen-bond donors (Lipinski definition) is 1. The minimum atomic E-state index is -0.0476. The van der Waals surface area contributed by atoms with Crippen molar-refractivity contribution < 1.29 is 4.74 Å². The van der Waals surface area contributed by atoms with Gasteiger partial charge in [-0.1, -0.05) is 5.21 Å². The van der Waals surface area contributed by atoms with Gasteiger partial charge in [0.25, 0.3) is 0 Å². The Bertz CT molecular complexity index is 423. The minimum Gasteiger partial charge on any atom is -0.375 e. The molecule has 106 valence electrons. The van der Waals surface area contributed by atoms with Gasteiger partial charge in [0.1, 0.15) is 0 Å². The summed E-state index contributed by atoms with van der Waals surface area (Å²) >= 11 is 2.04. The van der Waals surface area contributed by atoms with Gasteiger partial charge in [0.2, 0.25) is 0 Å². The Morgan fingerprint density at radius 1 is 1.53 bits per heavy atom. The van der Waals surface area contributed by atoms with E-state index in [0.29, 0.717) is 6.04 Å². The van der Waals surface area contributed by atoms with E-state index < -0.39 is 0 Å². The van der Waals surface area contributed by atoms with E-state index in [1.807, 2.05) is 29.6 Å². The van der Waals surface area contributed by atoms with Gasteiger partial charge in [0, 0.05) is 12.6 Å². The van der Waals surface area contributed by atoms with Crippen molar-refractivity contribution in [1.29, 1.82) is 0 Å². The van der Waals surface area contributed by atoms with Crippen LogP contribution in [0.5, 0.6) is 0 Å². The molecule has 2 aliphatic rings. The number of nitrogens with two attached hydrogens (primary N) is 1. The van der Waals surface area contributed by atoms with Crippen molar-refractivity contribution >= 4 is 11.8 Å². The molecule has 2 unspecified atom stereocenters. The Labute approximate surface area is 118 Å². The molecule has 0 saturated carbocycles. The number of nitrogens with zero attached hydrogens (tertiary/aromatic N) is 3. The van der Waals surface area contributed by atoms with Gasteiger partial charge < -0.3 is 10.5 Å². The van der Waals surface area contributed by atoms with Crippen molar-refractivity contribution in [2.75, 3.05) is 18.1 Å². The summed E-state index contributed by atoms with van der Waals surface area (Å²) in [6.07, 6.45) is 6.43. The van der Waals surface area contributed by atoms with Gasteiger partial charge in [-0.25, -0.2) is 4.68 Å². The smallest absolute Gasteiger partial charge is 0.0991 e. The average Bonchev–Trinajstić information content (AvgIpc) is 2.89. The van der Waals surface area contributed by atoms with E-state index in [1.54, 1.807) is 0 Å². The molecule has 19 heavy (non-hydrogen) atoms. The second kappa shape index (κ2) is 5.42. The second-order valence-corrected chi connectivity index (χ2v) is 6.93. The molecule has 3 heterocycles. The van der Waals surface area contributed by atoms with Crippen LogP contribution in [0.2, 0.25) is 0 Å². The largest absolute Gasteiger partial charge is 0.375 e. The molecular weight excluding hydrogens is 260 g/mol. The highest BCUT2D eigenvalue weighted by Gasteiger charge is 2.39. The molecule has 1 aromatic rings. The highest BCUT2D eigenvalue weighted by atomic mass is 32.2. The molecule has 5 nitrogen and oxygen atoms in total. The summed E-state index contributed by atoms with van der Waals surface area (Å²) in [6, 6.07) is 0.366. The lowest BCUT2D eigenvalue weighted by Gasteiger charge is -2.43. The maximum atomic E-state index is 6.11. The highest BCUT2D eigenvalue weighted by Crippen LogP contribution is 2.41. The van der Waals surface area contributed by atoms with Gasteiger partial charge >= 0.3 is 0 Å². The molecule has 0 bridgehead atoms. The van der Waals surface area contributed by atoms with Crippen LogP contribution in [0.25, 0.3) is 0 Å². The lowest BCUT2D eigenvalue weighted by Crippen LogP contribution is -2.43. The fourth-order valence-electron chi connectivity index (χ4n) is 3.00. The molecule has 3 rings (SSSR count). The molecule has 0 aromatic carbocycles. The highest BCUT2D eigenvalue weighted by molar-refractivity contribution is 7.99. The molecule has 1 aromatic heterocycles.